The Morgan fingerprint density at radius 3 is 2.74 bits per heavy atom. The van der Waals surface area contributed by atoms with E-state index in [4.69, 9.17) is 0 Å². The van der Waals surface area contributed by atoms with Crippen molar-refractivity contribution in [1.29, 1.82) is 0 Å². The fraction of sp³-hybridized carbons (Fsp3) is 0.312. The molecule has 0 saturated carbocycles. The summed E-state index contributed by atoms with van der Waals surface area (Å²) in [5.41, 5.74) is 3.99. The molecule has 0 radical (unpaired) electrons. The summed E-state index contributed by atoms with van der Waals surface area (Å²) in [6, 6.07) is 13.0. The molecule has 1 N–H and O–H groups in total. The van der Waals surface area contributed by atoms with Gasteiger partial charge in [0, 0.05) is 23.6 Å². The molecule has 1 heterocycles. The molecule has 0 amide bonds. The van der Waals surface area contributed by atoms with Crippen molar-refractivity contribution in [2.75, 3.05) is 7.05 Å². The van der Waals surface area contributed by atoms with Crippen molar-refractivity contribution in [2.45, 2.75) is 30.7 Å². The molecule has 2 nitrogen and oxygen atoms in total. The lowest BCUT2D eigenvalue weighted by molar-refractivity contribution is 0.634. The van der Waals surface area contributed by atoms with E-state index in [9.17, 15) is 0 Å². The predicted octanol–water partition coefficient (Wildman–Crippen LogP) is 3.96. The van der Waals surface area contributed by atoms with Crippen molar-refractivity contribution in [1.82, 2.24) is 10.3 Å². The van der Waals surface area contributed by atoms with Crippen molar-refractivity contribution < 1.29 is 0 Å². The molecule has 0 saturated heterocycles. The summed E-state index contributed by atoms with van der Waals surface area (Å²) in [5, 5.41) is 4.40. The van der Waals surface area contributed by atoms with Crippen LogP contribution in [-0.4, -0.2) is 12.0 Å². The molecular formula is C16H20N2S. The van der Waals surface area contributed by atoms with E-state index in [0.29, 0.717) is 6.04 Å². The van der Waals surface area contributed by atoms with Gasteiger partial charge in [0.05, 0.1) is 0 Å². The van der Waals surface area contributed by atoms with Gasteiger partial charge in [0.25, 0.3) is 0 Å². The number of pyridine rings is 1. The molecule has 19 heavy (non-hydrogen) atoms. The lowest BCUT2D eigenvalue weighted by Crippen LogP contribution is -2.13. The van der Waals surface area contributed by atoms with Gasteiger partial charge < -0.3 is 5.32 Å². The first-order chi connectivity index (χ1) is 9.22. The second-order valence-corrected chi connectivity index (χ2v) is 5.59. The molecule has 0 aliphatic carbocycles. The Labute approximate surface area is 119 Å². The second kappa shape index (κ2) is 6.73. The van der Waals surface area contributed by atoms with Crippen LogP contribution in [0.1, 0.15) is 29.7 Å². The maximum absolute atomic E-state index is 4.52. The number of hydrogen-bond donors (Lipinski definition) is 1. The topological polar surface area (TPSA) is 24.9 Å². The molecule has 0 bridgehead atoms. The minimum absolute atomic E-state index is 0.327. The molecule has 3 heteroatoms. The molecule has 1 atom stereocenters. The SMILES string of the molecule is CNC(C)c1cccnc1SCc1ccccc1C. The summed E-state index contributed by atoms with van der Waals surface area (Å²) in [5.74, 6) is 0.965. The number of rotatable bonds is 5. The van der Waals surface area contributed by atoms with E-state index in [2.05, 4.69) is 54.5 Å². The first-order valence-electron chi connectivity index (χ1n) is 6.52. The van der Waals surface area contributed by atoms with E-state index in [-0.39, 0.29) is 0 Å². The second-order valence-electron chi connectivity index (χ2n) is 4.62. The molecule has 1 unspecified atom stereocenters. The number of thioether (sulfide) groups is 1. The maximum atomic E-state index is 4.52. The van der Waals surface area contributed by atoms with E-state index >= 15 is 0 Å². The lowest BCUT2D eigenvalue weighted by atomic mass is 10.1. The van der Waals surface area contributed by atoms with Crippen molar-refractivity contribution >= 4 is 11.8 Å². The monoisotopic (exact) mass is 272 g/mol. The van der Waals surface area contributed by atoms with Crippen molar-refractivity contribution in [3.05, 3.63) is 59.3 Å². The quantitative estimate of drug-likeness (QED) is 0.834. The van der Waals surface area contributed by atoms with Gasteiger partial charge in [0.1, 0.15) is 5.03 Å². The summed E-state index contributed by atoms with van der Waals surface area (Å²) in [7, 11) is 1.98. The summed E-state index contributed by atoms with van der Waals surface area (Å²) in [4.78, 5) is 4.52. The molecule has 1 aromatic heterocycles. The highest BCUT2D eigenvalue weighted by atomic mass is 32.2. The van der Waals surface area contributed by atoms with E-state index in [1.54, 1.807) is 11.8 Å². The molecular weight excluding hydrogens is 252 g/mol. The molecule has 2 rings (SSSR count). The predicted molar refractivity (Wildman–Crippen MR) is 82.5 cm³/mol. The molecule has 0 aliphatic heterocycles. The van der Waals surface area contributed by atoms with Gasteiger partial charge in [-0.1, -0.05) is 30.3 Å². The Kier molecular flexibility index (Phi) is 5.00. The number of nitrogens with zero attached hydrogens (tertiary/aromatic N) is 1. The van der Waals surface area contributed by atoms with Crippen molar-refractivity contribution in [3.8, 4) is 0 Å². The molecule has 0 aliphatic rings. The van der Waals surface area contributed by atoms with Crippen molar-refractivity contribution in [3.63, 3.8) is 0 Å². The number of hydrogen-bond acceptors (Lipinski definition) is 3. The highest BCUT2D eigenvalue weighted by Crippen LogP contribution is 2.28. The normalized spacial score (nSPS) is 12.4. The minimum Gasteiger partial charge on any atom is -0.313 e. The third-order valence-corrected chi connectivity index (χ3v) is 4.40. The van der Waals surface area contributed by atoms with E-state index in [0.717, 1.165) is 10.8 Å². The summed E-state index contributed by atoms with van der Waals surface area (Å²) in [6.45, 7) is 4.32. The fourth-order valence-electron chi connectivity index (χ4n) is 1.93. The van der Waals surface area contributed by atoms with Crippen LogP contribution in [0.25, 0.3) is 0 Å². The summed E-state index contributed by atoms with van der Waals surface area (Å²) in [6.07, 6.45) is 1.87. The Hall–Kier alpha value is -1.32. The van der Waals surface area contributed by atoms with Crippen LogP contribution in [0.2, 0.25) is 0 Å². The van der Waals surface area contributed by atoms with Gasteiger partial charge in [0.2, 0.25) is 0 Å². The lowest BCUT2D eigenvalue weighted by Gasteiger charge is -2.14. The number of aromatic nitrogens is 1. The van der Waals surface area contributed by atoms with E-state index < -0.39 is 0 Å². The zero-order valence-electron chi connectivity index (χ0n) is 11.7. The average molecular weight is 272 g/mol. The highest BCUT2D eigenvalue weighted by molar-refractivity contribution is 7.98. The van der Waals surface area contributed by atoms with Gasteiger partial charge in [-0.2, -0.15) is 0 Å². The van der Waals surface area contributed by atoms with Gasteiger partial charge in [-0.15, -0.1) is 11.8 Å². The molecule has 2 aromatic rings. The standard InChI is InChI=1S/C16H20N2S/c1-12-7-4-5-8-14(12)11-19-16-15(13(2)17-3)9-6-10-18-16/h4-10,13,17H,11H2,1-3H3. The van der Waals surface area contributed by atoms with E-state index in [1.807, 2.05) is 19.3 Å². The molecule has 0 spiro atoms. The summed E-state index contributed by atoms with van der Waals surface area (Å²) < 4.78 is 0. The van der Waals surface area contributed by atoms with Crippen LogP contribution < -0.4 is 5.32 Å². The molecule has 1 aromatic carbocycles. The number of nitrogens with one attached hydrogen (secondary N) is 1. The average Bonchev–Trinajstić information content (AvgIpc) is 2.46. The first kappa shape index (κ1) is 14.1. The van der Waals surface area contributed by atoms with Crippen molar-refractivity contribution in [2.24, 2.45) is 0 Å². The van der Waals surface area contributed by atoms with Gasteiger partial charge >= 0.3 is 0 Å². The highest BCUT2D eigenvalue weighted by Gasteiger charge is 2.10. The van der Waals surface area contributed by atoms with E-state index in [1.165, 1.54) is 16.7 Å². The Morgan fingerprint density at radius 1 is 1.21 bits per heavy atom. The van der Waals surface area contributed by atoms with Gasteiger partial charge in [-0.25, -0.2) is 4.98 Å². The third kappa shape index (κ3) is 3.58. The first-order valence-corrected chi connectivity index (χ1v) is 7.50. The number of benzene rings is 1. The fourth-order valence-corrected chi connectivity index (χ4v) is 3.09. The van der Waals surface area contributed by atoms with Crippen LogP contribution >= 0.6 is 11.8 Å². The third-order valence-electron chi connectivity index (χ3n) is 3.33. The zero-order chi connectivity index (χ0) is 13.7. The van der Waals surface area contributed by atoms with Gasteiger partial charge in [0.15, 0.2) is 0 Å². The summed E-state index contributed by atoms with van der Waals surface area (Å²) >= 11 is 1.81. The molecule has 100 valence electrons. The Balaban J connectivity index is 2.14. The van der Waals surface area contributed by atoms with Gasteiger partial charge in [-0.05, 0) is 38.1 Å². The number of aryl methyl sites for hydroxylation is 1. The van der Waals surface area contributed by atoms with Gasteiger partial charge in [-0.3, -0.25) is 0 Å². The van der Waals surface area contributed by atoms with Crippen LogP contribution in [0.4, 0.5) is 0 Å². The van der Waals surface area contributed by atoms with Crippen LogP contribution in [-0.2, 0) is 5.75 Å². The zero-order valence-corrected chi connectivity index (χ0v) is 12.5. The smallest absolute Gasteiger partial charge is 0.101 e. The largest absolute Gasteiger partial charge is 0.313 e. The Morgan fingerprint density at radius 2 is 2.00 bits per heavy atom. The van der Waals surface area contributed by atoms with Crippen LogP contribution in [0.3, 0.4) is 0 Å². The van der Waals surface area contributed by atoms with Crippen LogP contribution in [0, 0.1) is 6.92 Å². The Bertz CT molecular complexity index is 540. The molecule has 0 fully saturated rings. The minimum atomic E-state index is 0.327. The van der Waals surface area contributed by atoms with Crippen LogP contribution in [0.5, 0.6) is 0 Å². The van der Waals surface area contributed by atoms with Crippen LogP contribution in [0.15, 0.2) is 47.6 Å². The maximum Gasteiger partial charge on any atom is 0.101 e.